The molecule has 6 fully saturated rings. The lowest BCUT2D eigenvalue weighted by molar-refractivity contribution is -0.0944. The van der Waals surface area contributed by atoms with Crippen molar-refractivity contribution in [2.24, 2.45) is 11.3 Å². The van der Waals surface area contributed by atoms with Crippen molar-refractivity contribution in [1.29, 1.82) is 10.5 Å². The average Bonchev–Trinajstić information content (AvgIpc) is 3.02. The number of benzene rings is 2. The second-order valence-electron chi connectivity index (χ2n) is 15.4. The summed E-state index contributed by atoms with van der Waals surface area (Å²) in [6.07, 6.45) is 26.8. The Balaban J connectivity index is 1.32. The smallest absolute Gasteiger partial charge is 0.292 e. The van der Waals surface area contributed by atoms with Crippen LogP contribution in [0.1, 0.15) is 157 Å². The van der Waals surface area contributed by atoms with E-state index in [1.807, 2.05) is 12.5 Å². The first-order valence-electron chi connectivity index (χ1n) is 17.4. The Morgan fingerprint density at radius 2 is 1.16 bits per heavy atom. The molecule has 6 aliphatic rings. The molecule has 6 aliphatic carbocycles. The molecule has 0 heterocycles. The summed E-state index contributed by atoms with van der Waals surface area (Å²) >= 11 is 0. The molecule has 0 saturated heterocycles. The fourth-order valence-corrected chi connectivity index (χ4v) is 11.6. The molecule has 2 aromatic rings. The van der Waals surface area contributed by atoms with Gasteiger partial charge in [0.15, 0.2) is 0 Å². The molecule has 0 N–H and O–H groups in total. The minimum Gasteiger partial charge on any atom is -0.388 e. The first-order chi connectivity index (χ1) is 21.0. The molecule has 2 unspecified atom stereocenters. The summed E-state index contributed by atoms with van der Waals surface area (Å²) in [4.78, 5) is 0. The monoisotopic (exact) mass is 576 g/mol. The third-order valence-electron chi connectivity index (χ3n) is 12.6. The van der Waals surface area contributed by atoms with E-state index < -0.39 is 0 Å². The Morgan fingerprint density at radius 1 is 0.674 bits per heavy atom. The maximum atomic E-state index is 9.47. The van der Waals surface area contributed by atoms with Crippen LogP contribution < -0.4 is 9.47 Å². The highest BCUT2D eigenvalue weighted by Crippen LogP contribution is 2.72. The third-order valence-corrected chi connectivity index (χ3v) is 12.6. The van der Waals surface area contributed by atoms with Crippen molar-refractivity contribution >= 4 is 0 Å². The maximum absolute atomic E-state index is 9.47. The van der Waals surface area contributed by atoms with E-state index in [2.05, 4.69) is 43.3 Å². The molecule has 0 aromatic heterocycles. The second-order valence-corrected chi connectivity index (χ2v) is 15.4. The van der Waals surface area contributed by atoms with E-state index in [0.717, 1.165) is 17.4 Å². The van der Waals surface area contributed by atoms with Crippen molar-refractivity contribution in [1.82, 2.24) is 0 Å². The van der Waals surface area contributed by atoms with Gasteiger partial charge in [0.05, 0.1) is 0 Å². The van der Waals surface area contributed by atoms with Crippen LogP contribution in [-0.4, -0.2) is 0 Å². The van der Waals surface area contributed by atoms with Crippen molar-refractivity contribution in [3.8, 4) is 24.0 Å². The molecule has 0 aliphatic heterocycles. The predicted octanol–water partition coefficient (Wildman–Crippen LogP) is 10.5. The van der Waals surface area contributed by atoms with Gasteiger partial charge < -0.3 is 9.47 Å². The highest BCUT2D eigenvalue weighted by molar-refractivity contribution is 5.48. The molecule has 4 bridgehead atoms. The highest BCUT2D eigenvalue weighted by Gasteiger charge is 2.63. The zero-order valence-electron chi connectivity index (χ0n) is 26.1. The molecule has 0 spiro atoms. The van der Waals surface area contributed by atoms with Crippen LogP contribution in [0.25, 0.3) is 0 Å². The Hall–Kier alpha value is -2.98. The van der Waals surface area contributed by atoms with Crippen LogP contribution in [0.5, 0.6) is 11.5 Å². The minimum absolute atomic E-state index is 0.163. The fraction of sp³-hybridized carbons (Fsp3) is 0.641. The van der Waals surface area contributed by atoms with E-state index in [-0.39, 0.29) is 10.8 Å². The summed E-state index contributed by atoms with van der Waals surface area (Å²) in [6, 6.07) is 13.9. The van der Waals surface area contributed by atoms with Crippen LogP contribution in [0.15, 0.2) is 36.4 Å². The van der Waals surface area contributed by atoms with Gasteiger partial charge in [-0.1, -0.05) is 76.1 Å². The molecule has 8 rings (SSSR count). The second kappa shape index (κ2) is 11.5. The lowest BCUT2D eigenvalue weighted by atomic mass is 9.37. The summed E-state index contributed by atoms with van der Waals surface area (Å²) in [5, 5.41) is 18.9. The van der Waals surface area contributed by atoms with Gasteiger partial charge in [0.1, 0.15) is 11.5 Å². The molecule has 4 nitrogen and oxygen atoms in total. The molecular formula is C39H48N2O2. The molecule has 0 amide bonds. The van der Waals surface area contributed by atoms with Crippen molar-refractivity contribution in [3.05, 3.63) is 58.7 Å². The van der Waals surface area contributed by atoms with Crippen LogP contribution in [-0.2, 0) is 10.8 Å². The van der Waals surface area contributed by atoms with E-state index in [9.17, 15) is 10.5 Å². The lowest BCUT2D eigenvalue weighted by Gasteiger charge is -2.67. The van der Waals surface area contributed by atoms with E-state index in [4.69, 9.17) is 9.47 Å². The largest absolute Gasteiger partial charge is 0.388 e. The molecule has 6 saturated carbocycles. The zero-order chi connectivity index (χ0) is 29.5. The van der Waals surface area contributed by atoms with E-state index in [0.29, 0.717) is 17.3 Å². The summed E-state index contributed by atoms with van der Waals surface area (Å²) in [7, 11) is 0. The van der Waals surface area contributed by atoms with Crippen LogP contribution in [0.2, 0.25) is 0 Å². The topological polar surface area (TPSA) is 66.0 Å². The number of hydrogen-bond donors (Lipinski definition) is 0. The van der Waals surface area contributed by atoms with Gasteiger partial charge in [-0.3, -0.25) is 0 Å². The van der Waals surface area contributed by atoms with E-state index >= 15 is 0 Å². The van der Waals surface area contributed by atoms with Crippen molar-refractivity contribution in [2.45, 2.75) is 145 Å². The predicted molar refractivity (Wildman–Crippen MR) is 169 cm³/mol. The summed E-state index contributed by atoms with van der Waals surface area (Å²) in [6.45, 7) is 2.38. The molecule has 2 aromatic carbocycles. The fourth-order valence-electron chi connectivity index (χ4n) is 11.6. The maximum Gasteiger partial charge on any atom is 0.292 e. The van der Waals surface area contributed by atoms with Crippen LogP contribution >= 0.6 is 0 Å². The number of ether oxygens (including phenoxy) is 2. The Morgan fingerprint density at radius 3 is 1.60 bits per heavy atom. The first-order valence-corrected chi connectivity index (χ1v) is 17.4. The third kappa shape index (κ3) is 5.14. The van der Waals surface area contributed by atoms with Gasteiger partial charge in [0.25, 0.3) is 12.5 Å². The van der Waals surface area contributed by atoms with Gasteiger partial charge in [-0.15, -0.1) is 10.5 Å². The summed E-state index contributed by atoms with van der Waals surface area (Å²) in [5.74, 6) is 3.30. The van der Waals surface area contributed by atoms with Gasteiger partial charge in [-0.05, 0) is 139 Å². The average molecular weight is 577 g/mol. The van der Waals surface area contributed by atoms with Crippen LogP contribution in [0.3, 0.4) is 0 Å². The molecule has 43 heavy (non-hydrogen) atoms. The zero-order valence-corrected chi connectivity index (χ0v) is 26.1. The summed E-state index contributed by atoms with van der Waals surface area (Å²) in [5.41, 5.74) is 6.28. The van der Waals surface area contributed by atoms with Crippen LogP contribution in [0, 0.1) is 34.4 Å². The van der Waals surface area contributed by atoms with Crippen LogP contribution in [0.4, 0.5) is 0 Å². The van der Waals surface area contributed by atoms with Gasteiger partial charge in [0.2, 0.25) is 0 Å². The SMILES string of the molecule is CCCC12CC3CC(c4ccc(OC#N)c(C5CCCCC5)c4)(C1)CC(c1ccc(OC#N)c(C4CCCCC4)c1)(C3)C2. The minimum atomic E-state index is 0.163. The summed E-state index contributed by atoms with van der Waals surface area (Å²) < 4.78 is 11.2. The Bertz CT molecular complexity index is 1320. The molecule has 0 radical (unpaired) electrons. The molecule has 2 atom stereocenters. The lowest BCUT2D eigenvalue weighted by Crippen LogP contribution is -2.60. The van der Waals surface area contributed by atoms with Crippen molar-refractivity contribution in [2.75, 3.05) is 0 Å². The number of nitriles is 2. The van der Waals surface area contributed by atoms with Crippen molar-refractivity contribution < 1.29 is 9.47 Å². The normalized spacial score (nSPS) is 32.2. The Labute approximate surface area is 258 Å². The number of rotatable bonds is 8. The molecular weight excluding hydrogens is 528 g/mol. The van der Waals surface area contributed by atoms with Gasteiger partial charge in [-0.25, -0.2) is 0 Å². The standard InChI is InChI=1S/C39H48N2O2/c1-2-17-37-20-28-21-38(23-37,31-13-15-35(42-26-40)33(18-31)29-9-5-3-6-10-29)25-39(22-28,24-37)32-14-16-36(43-27-41)34(19-32)30-11-7-4-8-12-30/h13-16,18-19,28-30H,2-12,17,20-25H2,1H3. The molecule has 226 valence electrons. The molecule has 4 heteroatoms. The van der Waals surface area contributed by atoms with E-state index in [1.54, 1.807) is 0 Å². The van der Waals surface area contributed by atoms with Gasteiger partial charge in [-0.2, -0.15) is 0 Å². The van der Waals surface area contributed by atoms with Gasteiger partial charge in [0, 0.05) is 0 Å². The number of hydrogen-bond acceptors (Lipinski definition) is 4. The quantitative estimate of drug-likeness (QED) is 0.293. The van der Waals surface area contributed by atoms with Crippen molar-refractivity contribution in [3.63, 3.8) is 0 Å². The highest BCUT2D eigenvalue weighted by atomic mass is 16.5. The Kier molecular flexibility index (Phi) is 7.70. The first kappa shape index (κ1) is 28.8. The van der Waals surface area contributed by atoms with E-state index in [1.165, 1.54) is 138 Å². The van der Waals surface area contributed by atoms with Gasteiger partial charge >= 0.3 is 0 Å². The number of nitrogens with zero attached hydrogens (tertiary/aromatic N) is 2.